The van der Waals surface area contributed by atoms with Crippen LogP contribution in [0, 0.1) is 13.2 Å². The van der Waals surface area contributed by atoms with Crippen molar-refractivity contribution in [1.29, 1.82) is 0 Å². The molecule has 2 atom stereocenters. The maximum atomic E-state index is 14.9. The molecule has 0 aliphatic rings. The summed E-state index contributed by atoms with van der Waals surface area (Å²) in [5.74, 6) is -1.78. The van der Waals surface area contributed by atoms with Gasteiger partial charge in [0, 0.05) is 29.4 Å². The first kappa shape index (κ1) is 44.4. The normalized spacial score (nSPS) is 11.9. The van der Waals surface area contributed by atoms with Crippen LogP contribution < -0.4 is 27.5 Å². The average Bonchev–Trinajstić information content (AvgIpc) is 4.01. The van der Waals surface area contributed by atoms with Gasteiger partial charge in [-0.25, -0.2) is 37.5 Å². The predicted octanol–water partition coefficient (Wildman–Crippen LogP) is 2.25. The molecule has 0 amide bonds. The second kappa shape index (κ2) is 18.7. The fourth-order valence-corrected chi connectivity index (χ4v) is 7.55. The second-order valence-corrected chi connectivity index (χ2v) is 14.2. The minimum absolute atomic E-state index is 0. The number of anilines is 1. The van der Waals surface area contributed by atoms with Gasteiger partial charge in [-0.1, -0.05) is 18.2 Å². The molecule has 9 aromatic rings. The van der Waals surface area contributed by atoms with Crippen LogP contribution in [0.4, 0.5) is 9.52 Å². The van der Waals surface area contributed by atoms with Crippen molar-refractivity contribution in [2.45, 2.75) is 30.9 Å². The minimum Gasteiger partial charge on any atom is -1.00 e. The molecule has 8 heterocycles. The Morgan fingerprint density at radius 2 is 1.44 bits per heavy atom. The summed E-state index contributed by atoms with van der Waals surface area (Å²) in [7, 11) is -4.30. The monoisotopic (exact) mass is 886 g/mol. The molecule has 9 rings (SSSR count). The Labute approximate surface area is 354 Å². The number of pyridine rings is 3. The fraction of sp³-hybridized carbons (Fsp3) is 0.111. The van der Waals surface area contributed by atoms with Gasteiger partial charge in [-0.05, 0) is 50.2 Å². The maximum absolute atomic E-state index is 14.9. The van der Waals surface area contributed by atoms with E-state index in [1.165, 1.54) is 10.9 Å². The van der Waals surface area contributed by atoms with Crippen LogP contribution in [-0.4, -0.2) is 84.9 Å². The van der Waals surface area contributed by atoms with Crippen LogP contribution in [0.25, 0.3) is 27.6 Å². The first-order valence-corrected chi connectivity index (χ1v) is 18.3. The zero-order chi connectivity index (χ0) is 38.0. The van der Waals surface area contributed by atoms with Crippen LogP contribution in [-0.2, 0) is 10.0 Å². The predicted molar refractivity (Wildman–Crippen MR) is 209 cm³/mol. The number of rotatable bonds is 7. The quantitative estimate of drug-likeness (QED) is 0.135. The molecule has 8 aromatic heterocycles. The molecule has 0 fully saturated rings. The van der Waals surface area contributed by atoms with Gasteiger partial charge in [0.1, 0.15) is 17.0 Å². The topological polar surface area (TPSA) is 196 Å². The maximum Gasteiger partial charge on any atom is 2.00 e. The number of nitrogens with one attached hydrogen (secondary N) is 1. The van der Waals surface area contributed by atoms with Crippen LogP contribution in [0.5, 0.6) is 0 Å². The number of imidazole rings is 3. The van der Waals surface area contributed by atoms with Crippen molar-refractivity contribution < 1.29 is 44.1 Å². The number of sulfonamides is 1. The number of oxazole rings is 1. The minimum atomic E-state index is -4.30. The third kappa shape index (κ3) is 9.13. The third-order valence-corrected chi connectivity index (χ3v) is 10.4. The Kier molecular flexibility index (Phi) is 14.6. The zero-order valence-electron chi connectivity index (χ0n) is 30.4. The van der Waals surface area contributed by atoms with Crippen molar-refractivity contribution in [2.24, 2.45) is 0 Å². The van der Waals surface area contributed by atoms with E-state index >= 15 is 0 Å². The van der Waals surface area contributed by atoms with Crippen LogP contribution in [0.15, 0.2) is 125 Å². The van der Waals surface area contributed by atoms with Crippen LogP contribution in [0.1, 0.15) is 47.9 Å². The van der Waals surface area contributed by atoms with E-state index in [2.05, 4.69) is 29.0 Å². The smallest absolute Gasteiger partial charge is 1.00 e. The van der Waals surface area contributed by atoms with Gasteiger partial charge in [0.15, 0.2) is 11.9 Å². The molecule has 16 nitrogen and oxygen atoms in total. The summed E-state index contributed by atoms with van der Waals surface area (Å²) in [6, 6.07) is 18.1. The van der Waals surface area contributed by atoms with E-state index in [4.69, 9.17) is 4.42 Å². The van der Waals surface area contributed by atoms with E-state index in [-0.39, 0.29) is 63.7 Å². The van der Waals surface area contributed by atoms with E-state index < -0.39 is 38.6 Å². The molecule has 0 aliphatic heterocycles. The number of carbonyl (C=O) groups excluding carboxylic acids is 1. The number of nitrogens with zero attached hydrogens (tertiary/aromatic N) is 9. The van der Waals surface area contributed by atoms with Gasteiger partial charge < -0.3 is 42.7 Å². The van der Waals surface area contributed by atoms with Gasteiger partial charge in [0.05, 0.1) is 83.2 Å². The SMILES string of the molecule is C[C@H](O)c1cccc2cncn12.C[C@H](c1cccc2cncn12)n1c(=O)oc2cc(S(=O)(=O)Nc3ncns3)c(F)cc21.O=Cc1cccc2cncn12.[Br-].[CH3-].[Mg+2]. The summed E-state index contributed by atoms with van der Waals surface area (Å²) in [5, 5.41) is 9.38. The first-order chi connectivity index (χ1) is 26.1. The second-order valence-electron chi connectivity index (χ2n) is 11.7. The molecule has 0 unspecified atom stereocenters. The van der Waals surface area contributed by atoms with Crippen LogP contribution in [0.2, 0.25) is 0 Å². The van der Waals surface area contributed by atoms with Gasteiger partial charge in [-0.2, -0.15) is 4.37 Å². The Bertz CT molecular complexity index is 2930. The number of benzene rings is 1. The van der Waals surface area contributed by atoms with Crippen molar-refractivity contribution in [3.8, 4) is 0 Å². The molecular formula is C36H32BrFMgN10O6S2. The van der Waals surface area contributed by atoms with E-state index in [0.29, 0.717) is 5.69 Å². The Balaban J connectivity index is 0.000000228. The number of aliphatic hydroxyl groups is 1. The van der Waals surface area contributed by atoms with Gasteiger partial charge in [-0.3, -0.25) is 18.5 Å². The van der Waals surface area contributed by atoms with Gasteiger partial charge >= 0.3 is 28.8 Å². The molecule has 0 aliphatic carbocycles. The Morgan fingerprint density at radius 1 is 0.877 bits per heavy atom. The summed E-state index contributed by atoms with van der Waals surface area (Å²) in [5.41, 5.74) is 5.05. The molecular weight excluding hydrogens is 856 g/mol. The molecule has 1 aromatic carbocycles. The number of hydrogen-bond donors (Lipinski definition) is 2. The summed E-state index contributed by atoms with van der Waals surface area (Å²) in [6.45, 7) is 3.50. The summed E-state index contributed by atoms with van der Waals surface area (Å²) < 4.78 is 57.8. The van der Waals surface area contributed by atoms with Gasteiger partial charge in [-0.15, -0.1) is 0 Å². The first-order valence-electron chi connectivity index (χ1n) is 16.1. The number of carbonyl (C=O) groups is 1. The van der Waals surface area contributed by atoms with Crippen molar-refractivity contribution in [3.05, 3.63) is 152 Å². The number of fused-ring (bicyclic) bond motifs is 4. The summed E-state index contributed by atoms with van der Waals surface area (Å²) in [4.78, 5) is 38.2. The van der Waals surface area contributed by atoms with E-state index in [1.54, 1.807) is 66.3 Å². The van der Waals surface area contributed by atoms with E-state index in [0.717, 1.165) is 57.9 Å². The average molecular weight is 888 g/mol. The molecule has 57 heavy (non-hydrogen) atoms. The van der Waals surface area contributed by atoms with E-state index in [9.17, 15) is 27.5 Å². The van der Waals surface area contributed by atoms with Crippen molar-refractivity contribution in [2.75, 3.05) is 4.72 Å². The largest absolute Gasteiger partial charge is 2.00 e. The van der Waals surface area contributed by atoms with Crippen molar-refractivity contribution in [1.82, 2.24) is 42.1 Å². The van der Waals surface area contributed by atoms with Crippen LogP contribution >= 0.6 is 11.5 Å². The zero-order valence-corrected chi connectivity index (χ0v) is 35.1. The summed E-state index contributed by atoms with van der Waals surface area (Å²) in [6.07, 6.45) is 11.6. The molecule has 21 heteroatoms. The molecule has 2 N–H and O–H groups in total. The molecule has 0 radical (unpaired) electrons. The molecule has 0 saturated heterocycles. The standard InChI is InChI=1S/C18H13FN6O4S2.C9H10N2O.C8H6N2O.CH3.BrH.Mg/c1-10(13-4-2-3-11-7-20-9-24(11)13)25-14-5-12(19)16(6-15(14)29-18(25)26)31(27,28)23-17-21-8-22-30-17;1-7(12)9-4-2-3-8-5-10-6-11(8)9;11-5-8-3-1-2-7-4-9-6-10(7)8;;;/h2-10H,1H3,(H,21,22,23);2-7,12H,1H3;1-6H;1H3;1H;/q;;;-1;;+2/p-1/t10-;7-;;;;/m10..../s1. The number of aliphatic hydroxyl groups excluding tert-OH is 1. The molecule has 0 bridgehead atoms. The van der Waals surface area contributed by atoms with Gasteiger partial charge in [0.25, 0.3) is 10.0 Å². The van der Waals surface area contributed by atoms with E-state index in [1.807, 2.05) is 52.9 Å². The van der Waals surface area contributed by atoms with Gasteiger partial charge in [0.2, 0.25) is 5.13 Å². The molecule has 290 valence electrons. The number of aromatic nitrogens is 9. The number of aldehydes is 1. The number of hydrogen-bond acceptors (Lipinski definition) is 12. The van der Waals surface area contributed by atoms with Crippen molar-refractivity contribution in [3.63, 3.8) is 0 Å². The molecule has 0 spiro atoms. The number of halogens is 2. The van der Waals surface area contributed by atoms with Crippen LogP contribution in [0.3, 0.4) is 0 Å². The van der Waals surface area contributed by atoms with Crippen molar-refractivity contribution >= 4 is 83.7 Å². The molecule has 0 saturated carbocycles. The Morgan fingerprint density at radius 3 is 2.02 bits per heavy atom. The fourth-order valence-electron chi connectivity index (χ4n) is 5.82. The third-order valence-electron chi connectivity index (χ3n) is 8.34. The summed E-state index contributed by atoms with van der Waals surface area (Å²) >= 11 is 0.805. The Hall–Kier alpha value is -5.32.